The second kappa shape index (κ2) is 9.72. The summed E-state index contributed by atoms with van der Waals surface area (Å²) in [5.41, 5.74) is 2.74. The van der Waals surface area contributed by atoms with E-state index < -0.39 is 11.8 Å². The molecule has 3 aliphatic rings. The number of aryl methyl sites for hydroxylation is 1. The zero-order valence-electron chi connectivity index (χ0n) is 21.6. The Hall–Kier alpha value is -2.84. The first kappa shape index (κ1) is 25.4. The van der Waals surface area contributed by atoms with E-state index in [1.165, 1.54) is 19.3 Å². The molecule has 3 aromatic rings. The number of hydrogen-bond acceptors (Lipinski definition) is 4. The Kier molecular flexibility index (Phi) is 6.51. The molecule has 0 spiro atoms. The summed E-state index contributed by atoms with van der Waals surface area (Å²) in [5, 5.41) is 11.9. The number of aromatic nitrogens is 3. The second-order valence-corrected chi connectivity index (χ2v) is 11.8. The van der Waals surface area contributed by atoms with Gasteiger partial charge in [0.25, 0.3) is 12.3 Å². The van der Waals surface area contributed by atoms with Crippen LogP contribution in [0, 0.1) is 5.92 Å². The van der Waals surface area contributed by atoms with Crippen LogP contribution in [0.5, 0.6) is 0 Å². The van der Waals surface area contributed by atoms with Crippen molar-refractivity contribution in [2.24, 2.45) is 13.0 Å². The highest BCUT2D eigenvalue weighted by Crippen LogP contribution is 2.51. The third-order valence-corrected chi connectivity index (χ3v) is 9.07. The third-order valence-electron chi connectivity index (χ3n) is 8.76. The summed E-state index contributed by atoms with van der Waals surface area (Å²) in [6, 6.07) is 11.0. The van der Waals surface area contributed by atoms with Gasteiger partial charge in [-0.05, 0) is 86.0 Å². The zero-order valence-corrected chi connectivity index (χ0v) is 22.4. The Labute approximate surface area is 226 Å². The van der Waals surface area contributed by atoms with Gasteiger partial charge in [0.05, 0.1) is 12.0 Å². The van der Waals surface area contributed by atoms with Crippen molar-refractivity contribution >= 4 is 23.2 Å². The minimum atomic E-state index is -2.66. The van der Waals surface area contributed by atoms with Crippen LogP contribution in [-0.4, -0.2) is 32.6 Å². The fraction of sp³-hybridized carbons (Fsp3) is 0.483. The molecular formula is C29H32ClF2N5O. The van der Waals surface area contributed by atoms with E-state index in [1.54, 1.807) is 23.4 Å². The highest BCUT2D eigenvalue weighted by Gasteiger charge is 2.49. The number of benzene rings is 2. The SMILES string of the molecule is C[C@@H](NCC1CCC1)c1cc2c(c(C(F)F)c1)CN(c1cccc(C3(c4nncn4C)CC(Cl)C3)c1)C2=O. The molecule has 1 N–H and O–H groups in total. The zero-order chi connectivity index (χ0) is 26.6. The molecule has 2 aromatic carbocycles. The number of rotatable bonds is 8. The lowest BCUT2D eigenvalue weighted by atomic mass is 9.63. The van der Waals surface area contributed by atoms with Crippen molar-refractivity contribution in [2.75, 3.05) is 11.4 Å². The molecule has 2 aliphatic carbocycles. The van der Waals surface area contributed by atoms with Gasteiger partial charge in [-0.3, -0.25) is 4.79 Å². The van der Waals surface area contributed by atoms with E-state index in [9.17, 15) is 13.6 Å². The monoisotopic (exact) mass is 539 g/mol. The van der Waals surface area contributed by atoms with Crippen molar-refractivity contribution < 1.29 is 13.6 Å². The minimum absolute atomic E-state index is 0.0277. The Morgan fingerprint density at radius 3 is 2.63 bits per heavy atom. The average molecular weight is 540 g/mol. The number of hydrogen-bond donors (Lipinski definition) is 1. The van der Waals surface area contributed by atoms with Crippen LogP contribution in [0.2, 0.25) is 0 Å². The van der Waals surface area contributed by atoms with Crippen LogP contribution in [0.15, 0.2) is 42.7 Å². The summed E-state index contributed by atoms with van der Waals surface area (Å²) < 4.78 is 30.4. The van der Waals surface area contributed by atoms with E-state index in [-0.39, 0.29) is 29.4 Å². The second-order valence-electron chi connectivity index (χ2n) is 11.2. The fourth-order valence-corrected chi connectivity index (χ4v) is 6.73. The Bertz CT molecular complexity index is 1360. The number of alkyl halides is 3. The number of halogens is 3. The maximum Gasteiger partial charge on any atom is 0.264 e. The lowest BCUT2D eigenvalue weighted by Crippen LogP contribution is -2.45. The minimum Gasteiger partial charge on any atom is -0.320 e. The summed E-state index contributed by atoms with van der Waals surface area (Å²) in [4.78, 5) is 15.3. The van der Waals surface area contributed by atoms with Gasteiger partial charge in [0.2, 0.25) is 0 Å². The van der Waals surface area contributed by atoms with Gasteiger partial charge in [-0.25, -0.2) is 8.78 Å². The Morgan fingerprint density at radius 1 is 1.21 bits per heavy atom. The molecule has 2 heterocycles. The van der Waals surface area contributed by atoms with Gasteiger partial charge in [0, 0.05) is 35.3 Å². The van der Waals surface area contributed by atoms with Crippen molar-refractivity contribution in [1.82, 2.24) is 20.1 Å². The molecule has 1 amide bonds. The first-order valence-corrected chi connectivity index (χ1v) is 13.8. The first-order chi connectivity index (χ1) is 18.3. The number of carbonyl (C=O) groups is 1. The molecule has 1 aromatic heterocycles. The number of amides is 1. The van der Waals surface area contributed by atoms with Gasteiger partial charge >= 0.3 is 0 Å². The molecular weight excluding hydrogens is 508 g/mol. The van der Waals surface area contributed by atoms with Crippen molar-refractivity contribution in [3.8, 4) is 0 Å². The molecule has 2 saturated carbocycles. The number of anilines is 1. The third kappa shape index (κ3) is 4.22. The number of fused-ring (bicyclic) bond motifs is 1. The predicted octanol–water partition coefficient (Wildman–Crippen LogP) is 6.05. The Morgan fingerprint density at radius 2 is 2.00 bits per heavy atom. The van der Waals surface area contributed by atoms with E-state index >= 15 is 0 Å². The maximum atomic E-state index is 14.2. The van der Waals surface area contributed by atoms with Gasteiger partial charge in [-0.1, -0.05) is 18.6 Å². The van der Waals surface area contributed by atoms with Gasteiger partial charge in [0.1, 0.15) is 12.2 Å². The van der Waals surface area contributed by atoms with Crippen LogP contribution in [0.25, 0.3) is 0 Å². The van der Waals surface area contributed by atoms with Crippen LogP contribution in [0.3, 0.4) is 0 Å². The van der Waals surface area contributed by atoms with Crippen LogP contribution < -0.4 is 10.2 Å². The average Bonchev–Trinajstić information content (AvgIpc) is 3.43. The predicted molar refractivity (Wildman–Crippen MR) is 143 cm³/mol. The van der Waals surface area contributed by atoms with E-state index in [4.69, 9.17) is 11.6 Å². The van der Waals surface area contributed by atoms with Crippen molar-refractivity contribution in [3.63, 3.8) is 0 Å². The highest BCUT2D eigenvalue weighted by molar-refractivity contribution is 6.21. The van der Waals surface area contributed by atoms with Crippen molar-refractivity contribution in [3.05, 3.63) is 76.4 Å². The molecule has 0 radical (unpaired) electrons. The normalized spacial score (nSPS) is 23.9. The lowest BCUT2D eigenvalue weighted by Gasteiger charge is -2.44. The van der Waals surface area contributed by atoms with E-state index in [1.807, 2.05) is 42.8 Å². The summed E-state index contributed by atoms with van der Waals surface area (Å²) in [7, 11) is 1.91. The van der Waals surface area contributed by atoms with E-state index in [0.29, 0.717) is 35.6 Å². The van der Waals surface area contributed by atoms with Gasteiger partial charge in [0.15, 0.2) is 0 Å². The molecule has 6 nitrogen and oxygen atoms in total. The first-order valence-electron chi connectivity index (χ1n) is 13.4. The Balaban J connectivity index is 1.31. The maximum absolute atomic E-state index is 14.2. The highest BCUT2D eigenvalue weighted by atomic mass is 35.5. The van der Waals surface area contributed by atoms with Gasteiger partial charge < -0.3 is 14.8 Å². The molecule has 0 unspecified atom stereocenters. The van der Waals surface area contributed by atoms with Crippen molar-refractivity contribution in [1.29, 1.82) is 0 Å². The topological polar surface area (TPSA) is 63.0 Å². The quantitative estimate of drug-likeness (QED) is 0.354. The largest absolute Gasteiger partial charge is 0.320 e. The standard InChI is InChI=1S/C29H32ClF2N5O/c1-17(33-14-18-5-3-6-18)19-9-23(26(31)32)25-15-37(27(38)24(25)10-19)22-8-4-7-20(11-22)29(12-21(30)13-29)28-35-34-16-36(28)2/h4,7-11,16-18,21,26,33H,3,5-6,12-15H2,1-2H3/t17-,21?,29?/m1/s1. The lowest BCUT2D eigenvalue weighted by molar-refractivity contribution is 0.0996. The fourth-order valence-electron chi connectivity index (χ4n) is 6.20. The van der Waals surface area contributed by atoms with Crippen LogP contribution in [-0.2, 0) is 19.0 Å². The smallest absolute Gasteiger partial charge is 0.264 e. The molecule has 1 aliphatic heterocycles. The molecule has 2 fully saturated rings. The van der Waals surface area contributed by atoms with Gasteiger partial charge in [-0.2, -0.15) is 0 Å². The van der Waals surface area contributed by atoms with Crippen molar-refractivity contribution in [2.45, 2.75) is 68.8 Å². The van der Waals surface area contributed by atoms with Gasteiger partial charge in [-0.15, -0.1) is 21.8 Å². The van der Waals surface area contributed by atoms with Crippen LogP contribution in [0.4, 0.5) is 14.5 Å². The summed E-state index contributed by atoms with van der Waals surface area (Å²) >= 11 is 6.44. The van der Waals surface area contributed by atoms with E-state index in [2.05, 4.69) is 15.5 Å². The molecule has 0 saturated heterocycles. The molecule has 38 heavy (non-hydrogen) atoms. The van der Waals surface area contributed by atoms with Crippen LogP contribution in [0.1, 0.15) is 89.9 Å². The molecule has 6 rings (SSSR count). The number of carbonyl (C=O) groups excluding carboxylic acids is 1. The summed E-state index contributed by atoms with van der Waals surface area (Å²) in [6.45, 7) is 2.97. The summed E-state index contributed by atoms with van der Waals surface area (Å²) in [5.74, 6) is 1.24. The number of nitrogens with one attached hydrogen (secondary N) is 1. The summed E-state index contributed by atoms with van der Waals surface area (Å²) in [6.07, 6.45) is 4.12. The molecule has 9 heteroatoms. The molecule has 1 atom stereocenters. The number of nitrogens with zero attached hydrogens (tertiary/aromatic N) is 4. The van der Waals surface area contributed by atoms with E-state index in [0.717, 1.165) is 23.5 Å². The molecule has 200 valence electrons. The molecule has 0 bridgehead atoms. The van der Waals surface area contributed by atoms with Crippen LogP contribution >= 0.6 is 11.6 Å².